The molecule has 0 saturated heterocycles. The number of benzene rings is 3. The van der Waals surface area contributed by atoms with E-state index in [-0.39, 0.29) is 0 Å². The topological polar surface area (TPSA) is 44.5 Å². The zero-order valence-electron chi connectivity index (χ0n) is 15.1. The van der Waals surface area contributed by atoms with Crippen LogP contribution in [0.3, 0.4) is 0 Å². The molecule has 0 unspecified atom stereocenters. The first-order chi connectivity index (χ1) is 12.7. The van der Waals surface area contributed by atoms with Crippen molar-refractivity contribution >= 4 is 11.3 Å². The third kappa shape index (κ3) is 3.89. The molecule has 3 heteroatoms. The van der Waals surface area contributed by atoms with Crippen LogP contribution < -0.4 is 15.2 Å². The molecule has 132 valence electrons. The van der Waals surface area contributed by atoms with Crippen molar-refractivity contribution in [3.63, 3.8) is 0 Å². The van der Waals surface area contributed by atoms with E-state index in [1.54, 1.807) is 14.2 Å². The number of nitrogen functional groups attached to an aromatic ring is 1. The molecule has 0 heterocycles. The van der Waals surface area contributed by atoms with E-state index in [1.165, 1.54) is 5.56 Å². The number of hydrogen-bond acceptors (Lipinski definition) is 3. The number of allylic oxidation sites excluding steroid dienone is 1. The highest BCUT2D eigenvalue weighted by Gasteiger charge is 2.14. The van der Waals surface area contributed by atoms with Crippen molar-refractivity contribution in [3.8, 4) is 11.5 Å². The standard InChI is InChI=1S/C23H23NO2/c1-25-22-15-20(21(24)16-23(22)26-2)19(18-11-7-4-8-12-18)14-13-17-9-5-3-6-10-17/h3-12,14-16H,13,24H2,1-2H3. The third-order valence-electron chi connectivity index (χ3n) is 4.32. The summed E-state index contributed by atoms with van der Waals surface area (Å²) in [6.07, 6.45) is 3.03. The van der Waals surface area contributed by atoms with Crippen LogP contribution >= 0.6 is 0 Å². The molecule has 0 radical (unpaired) electrons. The van der Waals surface area contributed by atoms with Gasteiger partial charge >= 0.3 is 0 Å². The summed E-state index contributed by atoms with van der Waals surface area (Å²) in [5.41, 5.74) is 11.4. The van der Waals surface area contributed by atoms with E-state index in [2.05, 4.69) is 42.5 Å². The number of nitrogens with two attached hydrogens (primary N) is 1. The summed E-state index contributed by atoms with van der Waals surface area (Å²) in [6, 6.07) is 24.4. The summed E-state index contributed by atoms with van der Waals surface area (Å²) in [5.74, 6) is 1.29. The van der Waals surface area contributed by atoms with Crippen molar-refractivity contribution in [1.82, 2.24) is 0 Å². The maximum Gasteiger partial charge on any atom is 0.162 e. The van der Waals surface area contributed by atoms with E-state index in [9.17, 15) is 0 Å². The molecule has 0 aliphatic carbocycles. The number of ether oxygens (including phenoxy) is 2. The molecular formula is C23H23NO2. The molecule has 3 aromatic rings. The van der Waals surface area contributed by atoms with Crippen molar-refractivity contribution in [2.45, 2.75) is 6.42 Å². The smallest absolute Gasteiger partial charge is 0.162 e. The van der Waals surface area contributed by atoms with Crippen molar-refractivity contribution in [2.24, 2.45) is 0 Å². The van der Waals surface area contributed by atoms with Gasteiger partial charge in [-0.2, -0.15) is 0 Å². The minimum Gasteiger partial charge on any atom is -0.493 e. The maximum absolute atomic E-state index is 6.35. The summed E-state index contributed by atoms with van der Waals surface area (Å²) in [4.78, 5) is 0. The largest absolute Gasteiger partial charge is 0.493 e. The highest BCUT2D eigenvalue weighted by molar-refractivity contribution is 5.87. The number of methoxy groups -OCH3 is 2. The van der Waals surface area contributed by atoms with E-state index < -0.39 is 0 Å². The molecule has 0 aliphatic heterocycles. The lowest BCUT2D eigenvalue weighted by Crippen LogP contribution is -2.00. The highest BCUT2D eigenvalue weighted by atomic mass is 16.5. The normalized spacial score (nSPS) is 11.2. The van der Waals surface area contributed by atoms with Crippen LogP contribution in [-0.2, 0) is 6.42 Å². The molecule has 0 aliphatic rings. The van der Waals surface area contributed by atoms with Crippen LogP contribution in [0.2, 0.25) is 0 Å². The molecule has 3 nitrogen and oxygen atoms in total. The van der Waals surface area contributed by atoms with E-state index in [0.717, 1.165) is 23.1 Å². The maximum atomic E-state index is 6.35. The Labute approximate surface area is 154 Å². The van der Waals surface area contributed by atoms with Gasteiger partial charge in [-0.1, -0.05) is 66.7 Å². The van der Waals surface area contributed by atoms with Crippen LogP contribution in [-0.4, -0.2) is 14.2 Å². The summed E-state index contributed by atoms with van der Waals surface area (Å²) in [5, 5.41) is 0. The molecule has 0 spiro atoms. The highest BCUT2D eigenvalue weighted by Crippen LogP contribution is 2.37. The van der Waals surface area contributed by atoms with Gasteiger partial charge in [0.1, 0.15) is 0 Å². The van der Waals surface area contributed by atoms with Gasteiger partial charge in [0.05, 0.1) is 14.2 Å². The zero-order valence-corrected chi connectivity index (χ0v) is 15.1. The zero-order chi connectivity index (χ0) is 18.4. The Bertz CT molecular complexity index is 887. The second kappa shape index (κ2) is 8.26. The fourth-order valence-electron chi connectivity index (χ4n) is 2.96. The first-order valence-corrected chi connectivity index (χ1v) is 8.54. The van der Waals surface area contributed by atoms with Gasteiger partial charge in [-0.25, -0.2) is 0 Å². The van der Waals surface area contributed by atoms with Gasteiger partial charge in [0.25, 0.3) is 0 Å². The second-order valence-electron chi connectivity index (χ2n) is 5.97. The molecule has 3 rings (SSSR count). The Morgan fingerprint density at radius 3 is 2.04 bits per heavy atom. The SMILES string of the molecule is COc1cc(N)c(C(=CCc2ccccc2)c2ccccc2)cc1OC. The Balaban J connectivity index is 2.09. The molecule has 0 aromatic heterocycles. The summed E-state index contributed by atoms with van der Waals surface area (Å²) >= 11 is 0. The average Bonchev–Trinajstić information content (AvgIpc) is 2.70. The molecule has 0 fully saturated rings. The van der Waals surface area contributed by atoms with E-state index >= 15 is 0 Å². The molecule has 0 amide bonds. The van der Waals surface area contributed by atoms with Crippen LogP contribution in [0.25, 0.3) is 5.57 Å². The molecular weight excluding hydrogens is 322 g/mol. The number of hydrogen-bond donors (Lipinski definition) is 1. The molecule has 0 atom stereocenters. The quantitative estimate of drug-likeness (QED) is 0.642. The molecule has 0 saturated carbocycles. The lowest BCUT2D eigenvalue weighted by Gasteiger charge is -2.16. The summed E-state index contributed by atoms with van der Waals surface area (Å²) < 4.78 is 10.8. The first kappa shape index (κ1) is 17.6. The predicted octanol–water partition coefficient (Wildman–Crippen LogP) is 4.96. The molecule has 26 heavy (non-hydrogen) atoms. The van der Waals surface area contributed by atoms with Crippen LogP contribution in [0.5, 0.6) is 11.5 Å². The molecule has 0 bridgehead atoms. The molecule has 2 N–H and O–H groups in total. The molecule has 3 aromatic carbocycles. The minimum atomic E-state index is 0.629. The van der Waals surface area contributed by atoms with Gasteiger partial charge in [0.15, 0.2) is 11.5 Å². The predicted molar refractivity (Wildman–Crippen MR) is 108 cm³/mol. The minimum absolute atomic E-state index is 0.629. The lowest BCUT2D eigenvalue weighted by atomic mass is 9.94. The fraction of sp³-hybridized carbons (Fsp3) is 0.130. The summed E-state index contributed by atoms with van der Waals surface area (Å²) in [7, 11) is 3.24. The Morgan fingerprint density at radius 1 is 0.846 bits per heavy atom. The first-order valence-electron chi connectivity index (χ1n) is 8.54. The van der Waals surface area contributed by atoms with Crippen molar-refractivity contribution < 1.29 is 9.47 Å². The Morgan fingerprint density at radius 2 is 1.42 bits per heavy atom. The van der Waals surface area contributed by atoms with Crippen LogP contribution in [0.1, 0.15) is 16.7 Å². The third-order valence-corrected chi connectivity index (χ3v) is 4.32. The van der Waals surface area contributed by atoms with Crippen LogP contribution in [0.4, 0.5) is 5.69 Å². The van der Waals surface area contributed by atoms with Crippen molar-refractivity contribution in [2.75, 3.05) is 20.0 Å². The van der Waals surface area contributed by atoms with E-state index in [0.29, 0.717) is 17.2 Å². The van der Waals surface area contributed by atoms with Crippen molar-refractivity contribution in [3.05, 3.63) is 95.6 Å². The van der Waals surface area contributed by atoms with Crippen LogP contribution in [0, 0.1) is 0 Å². The van der Waals surface area contributed by atoms with Gasteiger partial charge in [-0.05, 0) is 29.2 Å². The van der Waals surface area contributed by atoms with E-state index in [4.69, 9.17) is 15.2 Å². The van der Waals surface area contributed by atoms with Crippen LogP contribution in [0.15, 0.2) is 78.9 Å². The fourth-order valence-corrected chi connectivity index (χ4v) is 2.96. The lowest BCUT2D eigenvalue weighted by molar-refractivity contribution is 0.355. The van der Waals surface area contributed by atoms with E-state index in [1.807, 2.05) is 36.4 Å². The average molecular weight is 345 g/mol. The van der Waals surface area contributed by atoms with Crippen molar-refractivity contribution in [1.29, 1.82) is 0 Å². The second-order valence-corrected chi connectivity index (χ2v) is 5.97. The van der Waals surface area contributed by atoms with Gasteiger partial charge in [-0.15, -0.1) is 0 Å². The van der Waals surface area contributed by atoms with Gasteiger partial charge in [0.2, 0.25) is 0 Å². The van der Waals surface area contributed by atoms with Gasteiger partial charge in [0, 0.05) is 17.3 Å². The van der Waals surface area contributed by atoms with Gasteiger partial charge < -0.3 is 15.2 Å². The number of anilines is 1. The Hall–Kier alpha value is -3.20. The number of rotatable bonds is 6. The Kier molecular flexibility index (Phi) is 5.59. The van der Waals surface area contributed by atoms with Gasteiger partial charge in [-0.3, -0.25) is 0 Å². The summed E-state index contributed by atoms with van der Waals surface area (Å²) in [6.45, 7) is 0. The monoisotopic (exact) mass is 345 g/mol.